The van der Waals surface area contributed by atoms with Crippen LogP contribution in [0.15, 0.2) is 36.4 Å². The molecule has 2 aromatic carbocycles. The van der Waals surface area contributed by atoms with Gasteiger partial charge in [0.2, 0.25) is 0 Å². The molecule has 0 fully saturated rings. The number of phenolic OH excluding ortho intramolecular Hbond substituents is 2. The molecule has 0 amide bonds. The Labute approximate surface area is 194 Å². The Morgan fingerprint density at radius 2 is 1.17 bits per heavy atom. The van der Waals surface area contributed by atoms with E-state index in [9.17, 15) is 10.2 Å². The van der Waals surface area contributed by atoms with Crippen molar-refractivity contribution in [2.75, 3.05) is 26.2 Å². The Morgan fingerprint density at radius 3 is 1.72 bits per heavy atom. The van der Waals surface area contributed by atoms with E-state index in [-0.39, 0.29) is 28.5 Å². The predicted octanol–water partition coefficient (Wildman–Crippen LogP) is 5.51. The second kappa shape index (κ2) is 14.9. The SMILES string of the molecule is Br.Oc1ccc(CCNCCCCCCNCCc2ccc(Cl)c(Cl)c2)cc1O. The first-order valence-corrected chi connectivity index (χ1v) is 10.7. The zero-order chi connectivity index (χ0) is 20.2. The van der Waals surface area contributed by atoms with Crippen LogP contribution >= 0.6 is 40.2 Å². The maximum atomic E-state index is 9.47. The summed E-state index contributed by atoms with van der Waals surface area (Å²) in [6, 6.07) is 10.8. The lowest BCUT2D eigenvalue weighted by molar-refractivity contribution is 0.403. The minimum absolute atomic E-state index is 0. The average Bonchev–Trinajstić information content (AvgIpc) is 2.68. The third-order valence-corrected chi connectivity index (χ3v) is 5.40. The summed E-state index contributed by atoms with van der Waals surface area (Å²) in [5.74, 6) is -0.122. The van der Waals surface area contributed by atoms with E-state index >= 15 is 0 Å². The predicted molar refractivity (Wildman–Crippen MR) is 128 cm³/mol. The third kappa shape index (κ3) is 10.6. The summed E-state index contributed by atoms with van der Waals surface area (Å²) >= 11 is 11.9. The zero-order valence-electron chi connectivity index (χ0n) is 16.6. The van der Waals surface area contributed by atoms with Crippen LogP contribution in [-0.2, 0) is 12.8 Å². The van der Waals surface area contributed by atoms with Crippen LogP contribution in [-0.4, -0.2) is 36.4 Å². The molecule has 4 nitrogen and oxygen atoms in total. The molecule has 0 saturated heterocycles. The van der Waals surface area contributed by atoms with Crippen molar-refractivity contribution >= 4 is 40.2 Å². The lowest BCUT2D eigenvalue weighted by Gasteiger charge is -2.07. The number of unbranched alkanes of at least 4 members (excludes halogenated alkanes) is 3. The quantitative estimate of drug-likeness (QED) is 0.214. The van der Waals surface area contributed by atoms with Crippen molar-refractivity contribution in [3.63, 3.8) is 0 Å². The number of phenols is 2. The Hall–Kier alpha value is -0.980. The largest absolute Gasteiger partial charge is 0.504 e. The summed E-state index contributed by atoms with van der Waals surface area (Å²) in [6.07, 6.45) is 6.61. The molecule has 0 bridgehead atoms. The molecule has 0 aliphatic rings. The van der Waals surface area contributed by atoms with E-state index in [4.69, 9.17) is 23.2 Å². The lowest BCUT2D eigenvalue weighted by Crippen LogP contribution is -2.19. The number of benzene rings is 2. The molecule has 0 atom stereocenters. The molecule has 0 aliphatic carbocycles. The monoisotopic (exact) mass is 504 g/mol. The first-order chi connectivity index (χ1) is 13.6. The summed E-state index contributed by atoms with van der Waals surface area (Å²) in [5.41, 5.74) is 2.23. The van der Waals surface area contributed by atoms with Gasteiger partial charge < -0.3 is 20.8 Å². The molecule has 0 heterocycles. The molecule has 29 heavy (non-hydrogen) atoms. The van der Waals surface area contributed by atoms with Crippen LogP contribution in [0.1, 0.15) is 36.8 Å². The van der Waals surface area contributed by atoms with Crippen LogP contribution in [0.25, 0.3) is 0 Å². The molecule has 4 N–H and O–H groups in total. The highest BCUT2D eigenvalue weighted by Crippen LogP contribution is 2.25. The van der Waals surface area contributed by atoms with Crippen molar-refractivity contribution < 1.29 is 10.2 Å². The highest BCUT2D eigenvalue weighted by Gasteiger charge is 2.01. The summed E-state index contributed by atoms with van der Waals surface area (Å²) in [4.78, 5) is 0. The number of hydrogen-bond acceptors (Lipinski definition) is 4. The Kier molecular flexibility index (Phi) is 13.4. The van der Waals surface area contributed by atoms with Gasteiger partial charge in [0.25, 0.3) is 0 Å². The maximum absolute atomic E-state index is 9.47. The van der Waals surface area contributed by atoms with Crippen molar-refractivity contribution in [2.45, 2.75) is 38.5 Å². The van der Waals surface area contributed by atoms with Gasteiger partial charge in [-0.3, -0.25) is 0 Å². The standard InChI is InChI=1S/C22H30Cl2N2O2.BrH/c23-19-7-5-17(15-20(19)24)9-13-25-11-3-1-2-4-12-26-14-10-18-6-8-21(27)22(28)16-18;/h5-8,15-16,25-28H,1-4,9-14H2;1H. The molecule has 0 radical (unpaired) electrons. The van der Waals surface area contributed by atoms with Crippen molar-refractivity contribution in [2.24, 2.45) is 0 Å². The average molecular weight is 506 g/mol. The van der Waals surface area contributed by atoms with Crippen molar-refractivity contribution in [1.82, 2.24) is 10.6 Å². The Bertz CT molecular complexity index is 670. The summed E-state index contributed by atoms with van der Waals surface area (Å²) < 4.78 is 0. The van der Waals surface area contributed by atoms with Crippen molar-refractivity contribution in [3.05, 3.63) is 57.6 Å². The number of nitrogens with one attached hydrogen (secondary N) is 2. The van der Waals surface area contributed by atoms with Crippen LogP contribution in [0.4, 0.5) is 0 Å². The van der Waals surface area contributed by atoms with Gasteiger partial charge in [-0.1, -0.05) is 48.2 Å². The Balaban J connectivity index is 0.00000420. The van der Waals surface area contributed by atoms with Crippen molar-refractivity contribution in [3.8, 4) is 11.5 Å². The first-order valence-electron chi connectivity index (χ1n) is 9.92. The van der Waals surface area contributed by atoms with E-state index in [0.29, 0.717) is 10.0 Å². The molecule has 0 unspecified atom stereocenters. The fraction of sp³-hybridized carbons (Fsp3) is 0.455. The second-order valence-electron chi connectivity index (χ2n) is 6.99. The van der Waals surface area contributed by atoms with Crippen molar-refractivity contribution in [1.29, 1.82) is 0 Å². The fourth-order valence-corrected chi connectivity index (χ4v) is 3.31. The van der Waals surface area contributed by atoms with E-state index < -0.39 is 0 Å². The zero-order valence-corrected chi connectivity index (χ0v) is 19.8. The van der Waals surface area contributed by atoms with E-state index in [1.807, 2.05) is 24.3 Å². The van der Waals surface area contributed by atoms with E-state index in [2.05, 4.69) is 10.6 Å². The number of aromatic hydroxyl groups is 2. The molecule has 162 valence electrons. The molecule has 0 aliphatic heterocycles. The highest BCUT2D eigenvalue weighted by molar-refractivity contribution is 8.93. The number of halogens is 3. The van der Waals surface area contributed by atoms with E-state index in [1.54, 1.807) is 6.07 Å². The van der Waals surface area contributed by atoms with Gasteiger partial charge in [-0.25, -0.2) is 0 Å². The lowest BCUT2D eigenvalue weighted by atomic mass is 10.1. The van der Waals surface area contributed by atoms with Crippen LogP contribution in [0.5, 0.6) is 11.5 Å². The molecule has 0 aromatic heterocycles. The van der Waals surface area contributed by atoms with E-state index in [0.717, 1.165) is 44.6 Å². The first kappa shape index (κ1) is 26.1. The molecular formula is C22H31BrCl2N2O2. The van der Waals surface area contributed by atoms with Gasteiger partial charge in [-0.2, -0.15) is 0 Å². The smallest absolute Gasteiger partial charge is 0.157 e. The van der Waals surface area contributed by atoms with Gasteiger partial charge in [0, 0.05) is 0 Å². The topological polar surface area (TPSA) is 64.5 Å². The van der Waals surface area contributed by atoms with Gasteiger partial charge in [0.1, 0.15) is 0 Å². The van der Waals surface area contributed by atoms with Gasteiger partial charge >= 0.3 is 0 Å². The van der Waals surface area contributed by atoms with E-state index in [1.165, 1.54) is 37.3 Å². The second-order valence-corrected chi connectivity index (χ2v) is 7.80. The van der Waals surface area contributed by atoms with Crippen LogP contribution in [0.3, 0.4) is 0 Å². The van der Waals surface area contributed by atoms with Crippen LogP contribution in [0.2, 0.25) is 10.0 Å². The van der Waals surface area contributed by atoms with Crippen LogP contribution < -0.4 is 10.6 Å². The van der Waals surface area contributed by atoms with Gasteiger partial charge in [-0.05, 0) is 87.3 Å². The third-order valence-electron chi connectivity index (χ3n) is 4.66. The number of hydrogen-bond donors (Lipinski definition) is 4. The molecule has 0 saturated carbocycles. The summed E-state index contributed by atoms with van der Waals surface area (Å²) in [6.45, 7) is 3.88. The normalized spacial score (nSPS) is 10.7. The highest BCUT2D eigenvalue weighted by atomic mass is 79.9. The fourth-order valence-electron chi connectivity index (χ4n) is 2.99. The molecule has 7 heteroatoms. The maximum Gasteiger partial charge on any atom is 0.157 e. The molecule has 0 spiro atoms. The summed E-state index contributed by atoms with van der Waals surface area (Å²) in [5, 5.41) is 26.9. The van der Waals surface area contributed by atoms with Gasteiger partial charge in [0.05, 0.1) is 10.0 Å². The Morgan fingerprint density at radius 1 is 0.621 bits per heavy atom. The molecule has 2 aromatic rings. The minimum Gasteiger partial charge on any atom is -0.504 e. The number of rotatable bonds is 13. The minimum atomic E-state index is -0.0689. The van der Waals surface area contributed by atoms with Gasteiger partial charge in [-0.15, -0.1) is 17.0 Å². The molecular weight excluding hydrogens is 475 g/mol. The van der Waals surface area contributed by atoms with Crippen LogP contribution in [0, 0.1) is 0 Å². The van der Waals surface area contributed by atoms with Gasteiger partial charge in [0.15, 0.2) is 11.5 Å². The molecule has 2 rings (SSSR count). The summed E-state index contributed by atoms with van der Waals surface area (Å²) in [7, 11) is 0.